The van der Waals surface area contributed by atoms with Crippen molar-refractivity contribution >= 4 is 46.5 Å². The van der Waals surface area contributed by atoms with Crippen LogP contribution in [0.5, 0.6) is 0 Å². The molecule has 1 heterocycles. The van der Waals surface area contributed by atoms with E-state index in [4.69, 9.17) is 22.9 Å². The van der Waals surface area contributed by atoms with Crippen molar-refractivity contribution in [3.63, 3.8) is 0 Å². The Kier molecular flexibility index (Phi) is 11.9. The second-order valence-electron chi connectivity index (χ2n) is 9.31. The Morgan fingerprint density at radius 1 is 0.950 bits per heavy atom. The molecule has 40 heavy (non-hydrogen) atoms. The number of amides is 4. The zero-order valence-electron chi connectivity index (χ0n) is 22.2. The lowest BCUT2D eigenvalue weighted by Gasteiger charge is -2.23. The van der Waals surface area contributed by atoms with Gasteiger partial charge in [-0.05, 0) is 44.2 Å². The maximum Gasteiger partial charge on any atom is 0.326 e. The van der Waals surface area contributed by atoms with Crippen molar-refractivity contribution < 1.29 is 29.1 Å². The first-order valence-electron chi connectivity index (χ1n) is 12.7. The minimum absolute atomic E-state index is 0.00904. The van der Waals surface area contributed by atoms with E-state index in [0.717, 1.165) is 16.5 Å². The first kappa shape index (κ1) is 31.6. The van der Waals surface area contributed by atoms with Crippen LogP contribution in [0.15, 0.2) is 35.5 Å². The summed E-state index contributed by atoms with van der Waals surface area (Å²) in [6.45, 7) is 1.56. The normalized spacial score (nSPS) is 13.8. The number of aliphatic carboxylic acids is 1. The predicted octanol–water partition coefficient (Wildman–Crippen LogP) is -2.08. The van der Waals surface area contributed by atoms with E-state index in [1.54, 1.807) is 6.20 Å². The molecular formula is C25H37N9O6. The molecule has 0 aliphatic heterocycles. The highest BCUT2D eigenvalue weighted by Crippen LogP contribution is 2.18. The van der Waals surface area contributed by atoms with Gasteiger partial charge in [-0.2, -0.15) is 0 Å². The Balaban J connectivity index is 1.99. The highest BCUT2D eigenvalue weighted by molar-refractivity contribution is 5.94. The lowest BCUT2D eigenvalue weighted by molar-refractivity contribution is -0.142. The van der Waals surface area contributed by atoms with Crippen LogP contribution in [0.2, 0.25) is 0 Å². The molecule has 2 aromatic rings. The summed E-state index contributed by atoms with van der Waals surface area (Å²) in [6.07, 6.45) is 1.81. The average molecular weight is 560 g/mol. The minimum Gasteiger partial charge on any atom is -0.480 e. The van der Waals surface area contributed by atoms with Gasteiger partial charge in [0.25, 0.3) is 0 Å². The SMILES string of the molecule is CC(NC(=O)C(N)Cc1c[nH]c2ccccc12)C(=O)NC(CCC(N)=O)C(=O)NC(CCCN=C(N)N)C(=O)O. The molecule has 218 valence electrons. The summed E-state index contributed by atoms with van der Waals surface area (Å²) in [7, 11) is 0. The number of aromatic amines is 1. The summed E-state index contributed by atoms with van der Waals surface area (Å²) < 4.78 is 0. The number of carbonyl (C=O) groups is 5. The van der Waals surface area contributed by atoms with E-state index in [1.165, 1.54) is 6.92 Å². The monoisotopic (exact) mass is 559 g/mol. The number of hydrogen-bond donors (Lipinski definition) is 9. The number of primary amides is 1. The summed E-state index contributed by atoms with van der Waals surface area (Å²) in [6, 6.07) is 2.90. The number of benzene rings is 1. The molecule has 13 N–H and O–H groups in total. The Bertz CT molecular complexity index is 1240. The molecule has 15 heteroatoms. The fourth-order valence-electron chi connectivity index (χ4n) is 3.90. The van der Waals surface area contributed by atoms with Gasteiger partial charge in [-0.1, -0.05) is 18.2 Å². The summed E-state index contributed by atoms with van der Waals surface area (Å²) in [4.78, 5) is 68.2. The molecule has 0 bridgehead atoms. The van der Waals surface area contributed by atoms with Crippen LogP contribution >= 0.6 is 0 Å². The number of carboxylic acids is 1. The number of guanidine groups is 1. The maximum atomic E-state index is 12.9. The molecule has 0 saturated carbocycles. The molecule has 0 radical (unpaired) electrons. The van der Waals surface area contributed by atoms with Crippen molar-refractivity contribution in [2.24, 2.45) is 27.9 Å². The molecule has 1 aromatic carbocycles. The molecule has 0 spiro atoms. The molecule has 2 rings (SSSR count). The summed E-state index contributed by atoms with van der Waals surface area (Å²) in [5.41, 5.74) is 23.5. The third-order valence-electron chi connectivity index (χ3n) is 6.08. The molecule has 0 fully saturated rings. The van der Waals surface area contributed by atoms with Crippen molar-refractivity contribution in [1.29, 1.82) is 0 Å². The first-order chi connectivity index (χ1) is 18.9. The maximum absolute atomic E-state index is 12.9. The van der Waals surface area contributed by atoms with E-state index in [2.05, 4.69) is 25.9 Å². The molecule has 0 aliphatic carbocycles. The number of carbonyl (C=O) groups excluding carboxylic acids is 4. The van der Waals surface area contributed by atoms with Crippen LogP contribution in [0.3, 0.4) is 0 Å². The van der Waals surface area contributed by atoms with Gasteiger partial charge in [0.05, 0.1) is 6.04 Å². The van der Waals surface area contributed by atoms with Crippen molar-refractivity contribution in [3.8, 4) is 0 Å². The van der Waals surface area contributed by atoms with Gasteiger partial charge >= 0.3 is 5.97 Å². The molecule has 0 aliphatic rings. The summed E-state index contributed by atoms with van der Waals surface area (Å²) in [5, 5.41) is 17.7. The number of aliphatic imine (C=N–C) groups is 1. The average Bonchev–Trinajstić information content (AvgIpc) is 3.30. The number of nitrogens with one attached hydrogen (secondary N) is 4. The highest BCUT2D eigenvalue weighted by Gasteiger charge is 2.29. The number of hydrogen-bond acceptors (Lipinski definition) is 7. The minimum atomic E-state index is -1.30. The smallest absolute Gasteiger partial charge is 0.326 e. The third kappa shape index (κ3) is 9.90. The largest absolute Gasteiger partial charge is 0.480 e. The third-order valence-corrected chi connectivity index (χ3v) is 6.08. The molecule has 1 aromatic heterocycles. The van der Waals surface area contributed by atoms with E-state index < -0.39 is 53.8 Å². The predicted molar refractivity (Wildman–Crippen MR) is 147 cm³/mol. The lowest BCUT2D eigenvalue weighted by Crippen LogP contribution is -2.56. The molecule has 0 saturated heterocycles. The standard InChI is InChI=1S/C25H37N9O6/c1-13(32-22(37)16(26)11-14-12-31-17-6-3-2-5-15(14)17)21(36)33-18(8-9-20(27)35)23(38)34-19(24(39)40)7-4-10-30-25(28)29/h2-3,5-6,12-13,16,18-19,31H,4,7-11,26H2,1H3,(H2,27,35)(H,32,37)(H,33,36)(H,34,38)(H,39,40)(H4,28,29,30). The number of aromatic nitrogens is 1. The molecule has 4 atom stereocenters. The van der Waals surface area contributed by atoms with Crippen LogP contribution in [0.4, 0.5) is 0 Å². The van der Waals surface area contributed by atoms with Crippen LogP contribution in [0, 0.1) is 0 Å². The van der Waals surface area contributed by atoms with Crippen LogP contribution in [-0.4, -0.2) is 76.4 Å². The van der Waals surface area contributed by atoms with E-state index in [9.17, 15) is 29.1 Å². The highest BCUT2D eigenvalue weighted by atomic mass is 16.4. The zero-order chi connectivity index (χ0) is 29.8. The fraction of sp³-hybridized carbons (Fsp3) is 0.440. The summed E-state index contributed by atoms with van der Waals surface area (Å²) >= 11 is 0. The van der Waals surface area contributed by atoms with Crippen molar-refractivity contribution in [1.82, 2.24) is 20.9 Å². The number of carboxylic acid groups (broad SMARTS) is 1. The quantitative estimate of drug-likeness (QED) is 0.0619. The van der Waals surface area contributed by atoms with Gasteiger partial charge in [-0.3, -0.25) is 24.2 Å². The van der Waals surface area contributed by atoms with Gasteiger partial charge in [-0.25, -0.2) is 4.79 Å². The number of nitrogens with two attached hydrogens (primary N) is 4. The number of rotatable bonds is 16. The Morgan fingerprint density at radius 3 is 2.27 bits per heavy atom. The Labute approximate surface area is 230 Å². The van der Waals surface area contributed by atoms with E-state index in [1.807, 2.05) is 24.3 Å². The van der Waals surface area contributed by atoms with Gasteiger partial charge in [-0.15, -0.1) is 0 Å². The molecule has 4 unspecified atom stereocenters. The van der Waals surface area contributed by atoms with Crippen molar-refractivity contribution in [2.45, 2.75) is 63.2 Å². The number of para-hydroxylation sites is 1. The zero-order valence-corrected chi connectivity index (χ0v) is 22.2. The number of fused-ring (bicyclic) bond motifs is 1. The van der Waals surface area contributed by atoms with Crippen LogP contribution in [0.25, 0.3) is 10.9 Å². The van der Waals surface area contributed by atoms with Gasteiger partial charge in [0.2, 0.25) is 23.6 Å². The van der Waals surface area contributed by atoms with Crippen LogP contribution < -0.4 is 38.9 Å². The number of nitrogens with zero attached hydrogens (tertiary/aromatic N) is 1. The van der Waals surface area contributed by atoms with Crippen molar-refractivity contribution in [3.05, 3.63) is 36.0 Å². The van der Waals surface area contributed by atoms with Gasteiger partial charge in [0, 0.05) is 30.1 Å². The molecule has 15 nitrogen and oxygen atoms in total. The van der Waals surface area contributed by atoms with E-state index in [-0.39, 0.29) is 44.6 Å². The van der Waals surface area contributed by atoms with E-state index >= 15 is 0 Å². The van der Waals surface area contributed by atoms with Gasteiger partial charge < -0.3 is 49.0 Å². The lowest BCUT2D eigenvalue weighted by atomic mass is 10.0. The fourth-order valence-corrected chi connectivity index (χ4v) is 3.90. The van der Waals surface area contributed by atoms with Gasteiger partial charge in [0.15, 0.2) is 5.96 Å². The van der Waals surface area contributed by atoms with Gasteiger partial charge in [0.1, 0.15) is 18.1 Å². The van der Waals surface area contributed by atoms with E-state index in [0.29, 0.717) is 0 Å². The molecular weight excluding hydrogens is 522 g/mol. The second-order valence-corrected chi connectivity index (χ2v) is 9.31. The van der Waals surface area contributed by atoms with Crippen molar-refractivity contribution in [2.75, 3.05) is 6.54 Å². The van der Waals surface area contributed by atoms with Crippen LogP contribution in [-0.2, 0) is 30.4 Å². The first-order valence-corrected chi connectivity index (χ1v) is 12.7. The molecule has 4 amide bonds. The topological polar surface area (TPSA) is 274 Å². The summed E-state index contributed by atoms with van der Waals surface area (Å²) in [5.74, 6) is -4.33. The number of H-pyrrole nitrogens is 1. The second kappa shape index (κ2) is 15.1. The Morgan fingerprint density at radius 2 is 1.62 bits per heavy atom. The Hall–Kier alpha value is -4.66. The van der Waals surface area contributed by atoms with Crippen LogP contribution in [0.1, 0.15) is 38.2 Å².